The quantitative estimate of drug-likeness (QED) is 0.833. The van der Waals surface area contributed by atoms with Gasteiger partial charge in [-0.05, 0) is 24.3 Å². The summed E-state index contributed by atoms with van der Waals surface area (Å²) in [4.78, 5) is 16.5. The van der Waals surface area contributed by atoms with Crippen LogP contribution in [-0.2, 0) is 16.6 Å². The number of rotatable bonds is 5. The number of carbonyl (C=O) groups excluding carboxylic acids is 1. The van der Waals surface area contributed by atoms with Crippen molar-refractivity contribution < 1.29 is 14.4 Å². The van der Waals surface area contributed by atoms with E-state index in [4.69, 9.17) is 4.74 Å². The van der Waals surface area contributed by atoms with Gasteiger partial charge in [0.2, 0.25) is 0 Å². The van der Waals surface area contributed by atoms with Crippen LogP contribution in [-0.4, -0.2) is 49.9 Å². The first-order valence-corrected chi connectivity index (χ1v) is 9.90. The van der Waals surface area contributed by atoms with Crippen LogP contribution in [0.25, 0.3) is 0 Å². The van der Waals surface area contributed by atoms with Gasteiger partial charge in [0.25, 0.3) is 5.91 Å². The van der Waals surface area contributed by atoms with E-state index in [-0.39, 0.29) is 5.91 Å². The molecule has 0 saturated carbocycles. The number of amides is 1. The molecular weight excluding hydrogens is 340 g/mol. The van der Waals surface area contributed by atoms with Gasteiger partial charge in [-0.15, -0.1) is 0 Å². The smallest absolute Gasteiger partial charge is 0.279 e. The van der Waals surface area contributed by atoms with Crippen molar-refractivity contribution in [3.63, 3.8) is 0 Å². The zero-order valence-corrected chi connectivity index (χ0v) is 16.0. The number of nitrogens with zero attached hydrogens (tertiary/aromatic N) is 2. The third kappa shape index (κ3) is 4.01. The van der Waals surface area contributed by atoms with Gasteiger partial charge < -0.3 is 24.4 Å². The average molecular weight is 369 g/mol. The fraction of sp³-hybridized carbons (Fsp3) is 0.476. The second-order valence-corrected chi connectivity index (χ2v) is 7.49. The van der Waals surface area contributed by atoms with Crippen molar-refractivity contribution in [2.45, 2.75) is 18.9 Å². The first-order valence-electron chi connectivity index (χ1n) is 9.90. The molecule has 2 saturated heterocycles. The van der Waals surface area contributed by atoms with E-state index in [0.717, 1.165) is 50.6 Å². The van der Waals surface area contributed by atoms with Crippen LogP contribution in [0.2, 0.25) is 0 Å². The standard InChI is InChI=1S/C21H28N4O2/c1-23-10-4-8-19(23)20-9-5-11-25(20)16-21(26)22-17-6-2-3-7-18(17)24-12-14-27-15-13-24/h2-4,6-8,10,20H,5,9,11-16H2,1H3,(H,22,26)/p+1/t20-/m1/s1. The van der Waals surface area contributed by atoms with Crippen LogP contribution in [0.3, 0.4) is 0 Å². The van der Waals surface area contributed by atoms with Crippen molar-refractivity contribution in [1.82, 2.24) is 4.57 Å². The summed E-state index contributed by atoms with van der Waals surface area (Å²) in [5, 5.41) is 3.17. The number of likely N-dealkylation sites (tertiary alicyclic amines) is 1. The van der Waals surface area contributed by atoms with Gasteiger partial charge in [-0.3, -0.25) is 4.79 Å². The summed E-state index contributed by atoms with van der Waals surface area (Å²) in [5.41, 5.74) is 3.31. The van der Waals surface area contributed by atoms with Gasteiger partial charge >= 0.3 is 0 Å². The molecule has 144 valence electrons. The first-order chi connectivity index (χ1) is 13.2. The monoisotopic (exact) mass is 369 g/mol. The van der Waals surface area contributed by atoms with E-state index in [9.17, 15) is 4.79 Å². The van der Waals surface area contributed by atoms with E-state index < -0.39 is 0 Å². The molecular formula is C21H29N4O2+. The molecule has 0 aliphatic carbocycles. The molecule has 27 heavy (non-hydrogen) atoms. The zero-order valence-electron chi connectivity index (χ0n) is 16.0. The molecule has 2 fully saturated rings. The van der Waals surface area contributed by atoms with Gasteiger partial charge in [-0.25, -0.2) is 0 Å². The highest BCUT2D eigenvalue weighted by Gasteiger charge is 2.33. The summed E-state index contributed by atoms with van der Waals surface area (Å²) >= 11 is 0. The molecule has 1 amide bonds. The topological polar surface area (TPSA) is 50.9 Å². The second-order valence-electron chi connectivity index (χ2n) is 7.49. The maximum Gasteiger partial charge on any atom is 0.279 e. The van der Waals surface area contributed by atoms with Crippen LogP contribution in [0.1, 0.15) is 24.6 Å². The minimum Gasteiger partial charge on any atom is -0.378 e. The van der Waals surface area contributed by atoms with Gasteiger partial charge in [0.15, 0.2) is 6.54 Å². The van der Waals surface area contributed by atoms with Crippen molar-refractivity contribution in [3.8, 4) is 0 Å². The number of hydrogen-bond donors (Lipinski definition) is 2. The molecule has 0 bridgehead atoms. The molecule has 1 aromatic heterocycles. The lowest BCUT2D eigenvalue weighted by atomic mass is 10.1. The molecule has 2 aliphatic rings. The van der Waals surface area contributed by atoms with E-state index in [1.54, 1.807) is 0 Å². The number of aromatic nitrogens is 1. The summed E-state index contributed by atoms with van der Waals surface area (Å²) < 4.78 is 7.64. The van der Waals surface area contributed by atoms with Gasteiger partial charge in [0.05, 0.1) is 36.8 Å². The van der Waals surface area contributed by atoms with Crippen LogP contribution in [0.5, 0.6) is 0 Å². The van der Waals surface area contributed by atoms with Gasteiger partial charge in [-0.1, -0.05) is 12.1 Å². The lowest BCUT2D eigenvalue weighted by Crippen LogP contribution is -3.11. The van der Waals surface area contributed by atoms with Crippen molar-refractivity contribution in [2.24, 2.45) is 7.05 Å². The molecule has 2 N–H and O–H groups in total. The number of nitrogens with one attached hydrogen (secondary N) is 2. The number of carbonyl (C=O) groups is 1. The average Bonchev–Trinajstić information content (AvgIpc) is 3.31. The third-order valence-electron chi connectivity index (χ3n) is 5.74. The Balaban J connectivity index is 1.43. The number of benzene rings is 1. The first kappa shape index (κ1) is 18.1. The van der Waals surface area contributed by atoms with E-state index in [1.165, 1.54) is 17.0 Å². The number of para-hydroxylation sites is 2. The molecule has 2 aliphatic heterocycles. The maximum absolute atomic E-state index is 12.8. The number of quaternary nitrogens is 1. The lowest BCUT2D eigenvalue weighted by Gasteiger charge is -2.30. The van der Waals surface area contributed by atoms with E-state index in [2.05, 4.69) is 46.2 Å². The fourth-order valence-corrected chi connectivity index (χ4v) is 4.38. The van der Waals surface area contributed by atoms with Crippen LogP contribution >= 0.6 is 0 Å². The van der Waals surface area contributed by atoms with Crippen LogP contribution in [0.4, 0.5) is 11.4 Å². The number of anilines is 2. The summed E-state index contributed by atoms with van der Waals surface area (Å²) in [6.07, 6.45) is 4.40. The highest BCUT2D eigenvalue weighted by atomic mass is 16.5. The lowest BCUT2D eigenvalue weighted by molar-refractivity contribution is -0.910. The van der Waals surface area contributed by atoms with Crippen LogP contribution in [0, 0.1) is 0 Å². The van der Waals surface area contributed by atoms with Gasteiger partial charge in [0.1, 0.15) is 6.04 Å². The molecule has 0 radical (unpaired) electrons. The van der Waals surface area contributed by atoms with Crippen LogP contribution < -0.4 is 15.1 Å². The Labute approximate surface area is 160 Å². The van der Waals surface area contributed by atoms with E-state index in [0.29, 0.717) is 12.6 Å². The molecule has 0 spiro atoms. The number of ether oxygens (including phenoxy) is 1. The highest BCUT2D eigenvalue weighted by molar-refractivity contribution is 5.95. The number of aryl methyl sites for hydroxylation is 1. The largest absolute Gasteiger partial charge is 0.378 e. The molecule has 6 nitrogen and oxygen atoms in total. The van der Waals surface area contributed by atoms with Crippen LogP contribution in [0.15, 0.2) is 42.6 Å². The highest BCUT2D eigenvalue weighted by Crippen LogP contribution is 2.26. The van der Waals surface area contributed by atoms with E-state index >= 15 is 0 Å². The third-order valence-corrected chi connectivity index (χ3v) is 5.74. The van der Waals surface area contributed by atoms with Gasteiger partial charge in [0, 0.05) is 39.2 Å². The predicted molar refractivity (Wildman–Crippen MR) is 106 cm³/mol. The number of morpholine rings is 1. The SMILES string of the molecule is Cn1cccc1[C@H]1CCC[NH+]1CC(=O)Nc1ccccc1N1CCOCC1. The summed E-state index contributed by atoms with van der Waals surface area (Å²) in [7, 11) is 2.09. The Morgan fingerprint density at radius 3 is 2.81 bits per heavy atom. The second kappa shape index (κ2) is 8.15. The Kier molecular flexibility index (Phi) is 5.45. The molecule has 1 unspecified atom stereocenters. The normalized spacial score (nSPS) is 22.8. The van der Waals surface area contributed by atoms with Gasteiger partial charge in [-0.2, -0.15) is 0 Å². The Morgan fingerprint density at radius 1 is 1.22 bits per heavy atom. The molecule has 4 rings (SSSR count). The summed E-state index contributed by atoms with van der Waals surface area (Å²) in [5.74, 6) is 0.0896. The summed E-state index contributed by atoms with van der Waals surface area (Å²) in [6, 6.07) is 12.8. The van der Waals surface area contributed by atoms with Crippen molar-refractivity contribution in [1.29, 1.82) is 0 Å². The fourth-order valence-electron chi connectivity index (χ4n) is 4.38. The Hall–Kier alpha value is -2.31. The summed E-state index contributed by atoms with van der Waals surface area (Å²) in [6.45, 7) is 4.75. The Morgan fingerprint density at radius 2 is 2.04 bits per heavy atom. The van der Waals surface area contributed by atoms with E-state index in [1.807, 2.05) is 18.2 Å². The molecule has 2 atom stereocenters. The minimum atomic E-state index is 0.0896. The van der Waals surface area contributed by atoms with Crippen molar-refractivity contribution in [2.75, 3.05) is 49.6 Å². The molecule has 2 aromatic rings. The Bertz CT molecular complexity index is 782. The maximum atomic E-state index is 12.8. The molecule has 6 heteroatoms. The number of hydrogen-bond acceptors (Lipinski definition) is 3. The van der Waals surface area contributed by atoms with Crippen molar-refractivity contribution in [3.05, 3.63) is 48.3 Å². The zero-order chi connectivity index (χ0) is 18.6. The molecule has 3 heterocycles. The predicted octanol–water partition coefficient (Wildman–Crippen LogP) is 1.22. The molecule has 1 aromatic carbocycles. The van der Waals surface area contributed by atoms with Crippen molar-refractivity contribution >= 4 is 17.3 Å². The minimum absolute atomic E-state index is 0.0896.